The molecule has 1 aromatic heterocycles. The number of ether oxygens (including phenoxy) is 3. The van der Waals surface area contributed by atoms with Crippen molar-refractivity contribution in [2.45, 2.75) is 25.7 Å². The topological polar surface area (TPSA) is 72.6 Å². The number of H-pyrrole nitrogens is 1. The molecule has 2 aromatic carbocycles. The number of carbonyl (C=O) groups excluding carboxylic acids is 1. The summed E-state index contributed by atoms with van der Waals surface area (Å²) in [7, 11) is 4.65. The average Bonchev–Trinajstić information content (AvgIpc) is 3.11. The molecule has 146 valence electrons. The summed E-state index contributed by atoms with van der Waals surface area (Å²) < 4.78 is 16.1. The van der Waals surface area contributed by atoms with Gasteiger partial charge in [-0.25, -0.2) is 0 Å². The van der Waals surface area contributed by atoms with Crippen LogP contribution in [0.5, 0.6) is 17.2 Å². The minimum Gasteiger partial charge on any atom is -0.493 e. The van der Waals surface area contributed by atoms with Crippen LogP contribution in [0.3, 0.4) is 0 Å². The molecule has 0 radical (unpaired) electrons. The molecule has 4 rings (SSSR count). The van der Waals surface area contributed by atoms with E-state index in [1.165, 1.54) is 24.1 Å². The first-order chi connectivity index (χ1) is 13.7. The van der Waals surface area contributed by atoms with E-state index < -0.39 is 0 Å². The van der Waals surface area contributed by atoms with E-state index in [4.69, 9.17) is 14.2 Å². The maximum Gasteiger partial charge on any atom is 0.257 e. The van der Waals surface area contributed by atoms with E-state index in [0.717, 1.165) is 23.7 Å². The van der Waals surface area contributed by atoms with Crippen LogP contribution in [-0.4, -0.2) is 32.2 Å². The fraction of sp³-hybridized carbons (Fsp3) is 0.318. The van der Waals surface area contributed by atoms with Gasteiger partial charge in [-0.1, -0.05) is 12.1 Å². The first-order valence-electron chi connectivity index (χ1n) is 9.40. The van der Waals surface area contributed by atoms with Gasteiger partial charge in [0.05, 0.1) is 32.4 Å². The van der Waals surface area contributed by atoms with Crippen molar-refractivity contribution in [1.82, 2.24) is 4.98 Å². The Hall–Kier alpha value is -3.15. The SMILES string of the molecule is COc1cc(NC(=O)c2cccc3c4c([nH]c23)CCCC4)cc(OC)c1OC. The van der Waals surface area contributed by atoms with Gasteiger partial charge in [0.2, 0.25) is 5.75 Å². The molecule has 0 bridgehead atoms. The minimum atomic E-state index is -0.182. The molecule has 3 aromatic rings. The van der Waals surface area contributed by atoms with Crippen LogP contribution < -0.4 is 19.5 Å². The number of benzene rings is 2. The number of fused-ring (bicyclic) bond motifs is 3. The van der Waals surface area contributed by atoms with E-state index in [-0.39, 0.29) is 5.91 Å². The highest BCUT2D eigenvalue weighted by molar-refractivity contribution is 6.12. The number of carbonyl (C=O) groups is 1. The van der Waals surface area contributed by atoms with E-state index >= 15 is 0 Å². The largest absolute Gasteiger partial charge is 0.493 e. The van der Waals surface area contributed by atoms with Gasteiger partial charge in [0.25, 0.3) is 5.91 Å². The van der Waals surface area contributed by atoms with Crippen LogP contribution in [0.4, 0.5) is 5.69 Å². The second-order valence-corrected chi connectivity index (χ2v) is 6.89. The van der Waals surface area contributed by atoms with Crippen LogP contribution in [0, 0.1) is 0 Å². The van der Waals surface area contributed by atoms with E-state index in [1.807, 2.05) is 12.1 Å². The lowest BCUT2D eigenvalue weighted by atomic mass is 9.95. The molecule has 1 amide bonds. The molecule has 1 heterocycles. The van der Waals surface area contributed by atoms with Gasteiger partial charge < -0.3 is 24.5 Å². The third-order valence-electron chi connectivity index (χ3n) is 5.30. The number of hydrogen-bond donors (Lipinski definition) is 2. The summed E-state index contributed by atoms with van der Waals surface area (Å²) in [6, 6.07) is 9.32. The highest BCUT2D eigenvalue weighted by atomic mass is 16.5. The Morgan fingerprint density at radius 2 is 1.71 bits per heavy atom. The van der Waals surface area contributed by atoms with Crippen molar-refractivity contribution in [1.29, 1.82) is 0 Å². The molecule has 6 nitrogen and oxygen atoms in total. The van der Waals surface area contributed by atoms with Crippen LogP contribution in [0.1, 0.15) is 34.5 Å². The van der Waals surface area contributed by atoms with Gasteiger partial charge in [-0.2, -0.15) is 0 Å². The van der Waals surface area contributed by atoms with Gasteiger partial charge >= 0.3 is 0 Å². The smallest absolute Gasteiger partial charge is 0.257 e. The third kappa shape index (κ3) is 3.05. The lowest BCUT2D eigenvalue weighted by molar-refractivity contribution is 0.102. The summed E-state index contributed by atoms with van der Waals surface area (Å²) in [5.41, 5.74) is 4.71. The number of aromatic nitrogens is 1. The van der Waals surface area contributed by atoms with Crippen LogP contribution in [0.15, 0.2) is 30.3 Å². The number of methoxy groups -OCH3 is 3. The van der Waals surface area contributed by atoms with E-state index in [9.17, 15) is 4.79 Å². The lowest BCUT2D eigenvalue weighted by Crippen LogP contribution is -2.13. The second-order valence-electron chi connectivity index (χ2n) is 6.89. The Balaban J connectivity index is 1.70. The molecule has 2 N–H and O–H groups in total. The first-order valence-corrected chi connectivity index (χ1v) is 9.40. The maximum atomic E-state index is 13.1. The summed E-state index contributed by atoms with van der Waals surface area (Å²) in [4.78, 5) is 16.5. The molecule has 1 aliphatic rings. The third-order valence-corrected chi connectivity index (χ3v) is 5.30. The molecular formula is C22H24N2O4. The molecule has 0 saturated carbocycles. The van der Waals surface area contributed by atoms with Crippen LogP contribution in [0.2, 0.25) is 0 Å². The molecule has 28 heavy (non-hydrogen) atoms. The van der Waals surface area contributed by atoms with Gasteiger partial charge in [0.1, 0.15) is 0 Å². The number of anilines is 1. The van der Waals surface area contributed by atoms with Crippen LogP contribution in [0.25, 0.3) is 10.9 Å². The molecule has 0 saturated heterocycles. The summed E-state index contributed by atoms with van der Waals surface area (Å²) in [6.45, 7) is 0. The standard InChI is InChI=1S/C22H24N2O4/c1-26-18-11-13(12-19(27-2)21(18)28-3)23-22(25)16-9-6-8-15-14-7-4-5-10-17(14)24-20(15)16/h6,8-9,11-12,24H,4-5,7,10H2,1-3H3,(H,23,25). The predicted octanol–water partition coefficient (Wildman–Crippen LogP) is 4.32. The number of aromatic amines is 1. The van der Waals surface area contributed by atoms with Gasteiger partial charge in [0.15, 0.2) is 11.5 Å². The first kappa shape index (κ1) is 18.2. The van der Waals surface area contributed by atoms with Crippen molar-refractivity contribution < 1.29 is 19.0 Å². The summed E-state index contributed by atoms with van der Waals surface area (Å²) in [6.07, 6.45) is 4.49. The van der Waals surface area contributed by atoms with Gasteiger partial charge in [-0.3, -0.25) is 4.79 Å². The Labute approximate surface area is 163 Å². The zero-order valence-corrected chi connectivity index (χ0v) is 16.3. The molecule has 0 spiro atoms. The molecule has 0 aliphatic heterocycles. The van der Waals surface area contributed by atoms with Gasteiger partial charge in [-0.05, 0) is 37.3 Å². The lowest BCUT2D eigenvalue weighted by Gasteiger charge is -2.14. The fourth-order valence-corrected chi connectivity index (χ4v) is 3.97. The number of rotatable bonds is 5. The number of para-hydroxylation sites is 1. The Morgan fingerprint density at radius 1 is 1.00 bits per heavy atom. The average molecular weight is 380 g/mol. The summed E-state index contributed by atoms with van der Waals surface area (Å²) >= 11 is 0. The summed E-state index contributed by atoms with van der Waals surface area (Å²) in [5.74, 6) is 1.29. The number of nitrogens with one attached hydrogen (secondary N) is 2. The summed E-state index contributed by atoms with van der Waals surface area (Å²) in [5, 5.41) is 4.10. The fourth-order valence-electron chi connectivity index (χ4n) is 3.97. The van der Waals surface area contributed by atoms with Crippen LogP contribution in [-0.2, 0) is 12.8 Å². The van der Waals surface area contributed by atoms with Crippen molar-refractivity contribution in [3.8, 4) is 17.2 Å². The highest BCUT2D eigenvalue weighted by Crippen LogP contribution is 2.40. The molecule has 1 aliphatic carbocycles. The van der Waals surface area contributed by atoms with Crippen molar-refractivity contribution >= 4 is 22.5 Å². The highest BCUT2D eigenvalue weighted by Gasteiger charge is 2.20. The molecule has 0 atom stereocenters. The normalized spacial score (nSPS) is 13.1. The second kappa shape index (κ2) is 7.46. The van der Waals surface area contributed by atoms with Gasteiger partial charge in [0, 0.05) is 28.9 Å². The van der Waals surface area contributed by atoms with Crippen molar-refractivity contribution in [3.63, 3.8) is 0 Å². The van der Waals surface area contributed by atoms with Crippen molar-refractivity contribution in [3.05, 3.63) is 47.2 Å². The molecule has 0 fully saturated rings. The minimum absolute atomic E-state index is 0.182. The quantitative estimate of drug-likeness (QED) is 0.691. The monoisotopic (exact) mass is 380 g/mol. The van der Waals surface area contributed by atoms with E-state index in [2.05, 4.69) is 16.4 Å². The number of hydrogen-bond acceptors (Lipinski definition) is 4. The molecule has 6 heteroatoms. The Kier molecular flexibility index (Phi) is 4.86. The number of amides is 1. The maximum absolute atomic E-state index is 13.1. The zero-order chi connectivity index (χ0) is 19.7. The van der Waals surface area contributed by atoms with E-state index in [0.29, 0.717) is 28.5 Å². The molecular weight excluding hydrogens is 356 g/mol. The Bertz CT molecular complexity index is 1010. The van der Waals surface area contributed by atoms with Gasteiger partial charge in [-0.15, -0.1) is 0 Å². The Morgan fingerprint density at radius 3 is 2.39 bits per heavy atom. The molecule has 0 unspecified atom stereocenters. The number of aryl methyl sites for hydroxylation is 2. The van der Waals surface area contributed by atoms with Crippen molar-refractivity contribution in [2.75, 3.05) is 26.6 Å². The predicted molar refractivity (Wildman–Crippen MR) is 109 cm³/mol. The zero-order valence-electron chi connectivity index (χ0n) is 16.3. The van der Waals surface area contributed by atoms with E-state index in [1.54, 1.807) is 33.5 Å². The van der Waals surface area contributed by atoms with Crippen molar-refractivity contribution in [2.24, 2.45) is 0 Å². The van der Waals surface area contributed by atoms with Crippen LogP contribution >= 0.6 is 0 Å².